The Balaban J connectivity index is 1.76. The summed E-state index contributed by atoms with van der Waals surface area (Å²) in [6.07, 6.45) is 0.853. The Labute approximate surface area is 165 Å². The van der Waals surface area contributed by atoms with Gasteiger partial charge in [0.2, 0.25) is 5.88 Å². The third kappa shape index (κ3) is 2.51. The summed E-state index contributed by atoms with van der Waals surface area (Å²) in [5, 5.41) is 15.6. The van der Waals surface area contributed by atoms with E-state index in [0.717, 1.165) is 23.0 Å². The predicted molar refractivity (Wildman–Crippen MR) is 111 cm³/mol. The van der Waals surface area contributed by atoms with E-state index in [1.165, 1.54) is 10.1 Å². The summed E-state index contributed by atoms with van der Waals surface area (Å²) in [6.45, 7) is 0.708. The predicted octanol–water partition coefficient (Wildman–Crippen LogP) is 3.32. The van der Waals surface area contributed by atoms with Gasteiger partial charge in [0.05, 0.1) is 11.7 Å². The maximum Gasteiger partial charge on any atom is 0.260 e. The molecule has 1 atom stereocenters. The van der Waals surface area contributed by atoms with Crippen LogP contribution in [0.15, 0.2) is 59.4 Å². The number of aromatic hydroxyl groups is 1. The lowest BCUT2D eigenvalue weighted by Gasteiger charge is -2.25. The van der Waals surface area contributed by atoms with Gasteiger partial charge in [0.25, 0.3) is 5.56 Å². The molecule has 0 spiro atoms. The zero-order valence-electron chi connectivity index (χ0n) is 14.9. The number of nitrogens with one attached hydrogen (secondary N) is 3. The van der Waals surface area contributed by atoms with E-state index in [1.54, 1.807) is 0 Å². The molecule has 3 heterocycles. The second kappa shape index (κ2) is 6.47. The molecule has 4 N–H and O–H groups in total. The van der Waals surface area contributed by atoms with Crippen molar-refractivity contribution in [1.29, 1.82) is 0 Å². The molecule has 28 heavy (non-hydrogen) atoms. The van der Waals surface area contributed by atoms with Gasteiger partial charge in [-0.25, -0.2) is 0 Å². The van der Waals surface area contributed by atoms with E-state index in [4.69, 9.17) is 12.2 Å². The molecule has 140 valence electrons. The number of nitrogens with zero attached hydrogens (tertiary/aromatic N) is 1. The second-order valence-corrected chi connectivity index (χ2v) is 7.25. The molecule has 6 nitrogen and oxygen atoms in total. The van der Waals surface area contributed by atoms with E-state index in [-0.39, 0.29) is 16.2 Å². The molecule has 0 aliphatic carbocycles. The van der Waals surface area contributed by atoms with Gasteiger partial charge in [0.1, 0.15) is 5.56 Å². The monoisotopic (exact) mass is 390 g/mol. The van der Waals surface area contributed by atoms with Gasteiger partial charge in [-0.2, -0.15) is 0 Å². The Morgan fingerprint density at radius 3 is 2.61 bits per heavy atom. The van der Waals surface area contributed by atoms with Crippen molar-refractivity contribution in [3.63, 3.8) is 0 Å². The lowest BCUT2D eigenvalue weighted by Crippen LogP contribution is -2.35. The highest BCUT2D eigenvalue weighted by Gasteiger charge is 2.30. The smallest absolute Gasteiger partial charge is 0.260 e. The third-order valence-electron chi connectivity index (χ3n) is 5.28. The first-order valence-electron chi connectivity index (χ1n) is 9.11. The lowest BCUT2D eigenvalue weighted by molar-refractivity contribution is 0.412. The van der Waals surface area contributed by atoms with Gasteiger partial charge in [-0.05, 0) is 42.4 Å². The molecule has 1 aliphatic rings. The minimum atomic E-state index is -0.453. The average molecular weight is 390 g/mol. The third-order valence-corrected chi connectivity index (χ3v) is 5.57. The van der Waals surface area contributed by atoms with Crippen LogP contribution in [-0.4, -0.2) is 26.2 Å². The highest BCUT2D eigenvalue weighted by molar-refractivity contribution is 7.71. The van der Waals surface area contributed by atoms with Crippen LogP contribution in [0.1, 0.15) is 22.9 Å². The summed E-state index contributed by atoms with van der Waals surface area (Å²) < 4.78 is 1.65. The number of aromatic amines is 2. The summed E-state index contributed by atoms with van der Waals surface area (Å²) in [5.41, 5.74) is 3.66. The Hall–Kier alpha value is -3.16. The highest BCUT2D eigenvalue weighted by Crippen LogP contribution is 2.35. The molecule has 1 aliphatic heterocycles. The van der Waals surface area contributed by atoms with E-state index >= 15 is 0 Å². The van der Waals surface area contributed by atoms with Gasteiger partial charge in [0, 0.05) is 23.1 Å². The Morgan fingerprint density at radius 1 is 1.04 bits per heavy atom. The molecule has 0 fully saturated rings. The molecular formula is C21H18N4O2S. The van der Waals surface area contributed by atoms with Crippen molar-refractivity contribution in [3.05, 3.63) is 86.5 Å². The molecule has 2 aromatic carbocycles. The molecule has 0 bridgehead atoms. The van der Waals surface area contributed by atoms with Crippen LogP contribution in [0.3, 0.4) is 0 Å². The van der Waals surface area contributed by atoms with Gasteiger partial charge < -0.3 is 15.4 Å². The molecule has 2 aromatic heterocycles. The van der Waals surface area contributed by atoms with E-state index in [1.807, 2.05) is 48.5 Å². The standard InChI is InChI=1S/C21H18N4O2S/c26-19-16(20(27)25(21(28)24-19)12-6-2-1-3-7-12)18-17-14(10-11-22-18)13-8-4-5-9-15(13)23-17/h1-9,18,22-23,27H,10-11H2,(H,24,26,28)/t18-/m1/s1. The molecule has 0 unspecified atom stereocenters. The Morgan fingerprint density at radius 2 is 1.79 bits per heavy atom. The van der Waals surface area contributed by atoms with Crippen LogP contribution in [0.2, 0.25) is 0 Å². The topological polar surface area (TPSA) is 85.8 Å². The van der Waals surface area contributed by atoms with E-state index in [9.17, 15) is 9.90 Å². The van der Waals surface area contributed by atoms with Crippen molar-refractivity contribution in [2.45, 2.75) is 12.5 Å². The average Bonchev–Trinajstić information content (AvgIpc) is 3.08. The lowest BCUT2D eigenvalue weighted by atomic mass is 9.95. The second-order valence-electron chi connectivity index (χ2n) is 6.87. The van der Waals surface area contributed by atoms with Crippen LogP contribution in [0, 0.1) is 4.77 Å². The number of rotatable bonds is 2. The fraction of sp³-hybridized carbons (Fsp3) is 0.143. The van der Waals surface area contributed by atoms with Crippen molar-refractivity contribution < 1.29 is 5.11 Å². The minimum absolute atomic E-state index is 0.149. The summed E-state index contributed by atoms with van der Waals surface area (Å²) in [7, 11) is 0. The number of fused-ring (bicyclic) bond motifs is 3. The van der Waals surface area contributed by atoms with Gasteiger partial charge in [-0.3, -0.25) is 14.3 Å². The van der Waals surface area contributed by atoms with Gasteiger partial charge >= 0.3 is 0 Å². The molecule has 0 saturated heterocycles. The van der Waals surface area contributed by atoms with Crippen molar-refractivity contribution in [2.24, 2.45) is 0 Å². The number of benzene rings is 2. The van der Waals surface area contributed by atoms with Crippen LogP contribution in [-0.2, 0) is 6.42 Å². The van der Waals surface area contributed by atoms with Crippen molar-refractivity contribution >= 4 is 23.1 Å². The van der Waals surface area contributed by atoms with Gasteiger partial charge in [-0.15, -0.1) is 0 Å². The van der Waals surface area contributed by atoms with Gasteiger partial charge in [0.15, 0.2) is 4.77 Å². The largest absolute Gasteiger partial charge is 0.494 e. The highest BCUT2D eigenvalue weighted by atomic mass is 32.1. The van der Waals surface area contributed by atoms with Crippen LogP contribution in [0.25, 0.3) is 16.6 Å². The first-order chi connectivity index (χ1) is 13.6. The van der Waals surface area contributed by atoms with Crippen molar-refractivity contribution in [2.75, 3.05) is 6.54 Å². The fourth-order valence-electron chi connectivity index (χ4n) is 4.04. The molecule has 0 radical (unpaired) electrons. The maximum atomic E-state index is 12.8. The van der Waals surface area contributed by atoms with E-state index < -0.39 is 11.6 Å². The Kier molecular flexibility index (Phi) is 3.92. The summed E-state index contributed by atoms with van der Waals surface area (Å²) >= 11 is 5.32. The van der Waals surface area contributed by atoms with Crippen LogP contribution in [0.5, 0.6) is 5.88 Å². The SMILES string of the molecule is O=c1[nH]c(=S)n(-c2ccccc2)c(O)c1[C@H]1NCCc2c1[nH]c1ccccc21. The molecule has 7 heteroatoms. The number of H-pyrrole nitrogens is 2. The fourth-order valence-corrected chi connectivity index (χ4v) is 4.33. The minimum Gasteiger partial charge on any atom is -0.494 e. The summed E-state index contributed by atoms with van der Waals surface area (Å²) in [5.74, 6) is -0.149. The van der Waals surface area contributed by atoms with Crippen LogP contribution in [0.4, 0.5) is 0 Å². The van der Waals surface area contributed by atoms with Crippen LogP contribution < -0.4 is 10.9 Å². The summed E-state index contributed by atoms with van der Waals surface area (Å²) in [6, 6.07) is 16.9. The first kappa shape index (κ1) is 17.0. The number of hydrogen-bond acceptors (Lipinski definition) is 4. The molecule has 5 rings (SSSR count). The van der Waals surface area contributed by atoms with Gasteiger partial charge in [-0.1, -0.05) is 36.4 Å². The number of hydrogen-bond donors (Lipinski definition) is 4. The quantitative estimate of drug-likeness (QED) is 0.396. The van der Waals surface area contributed by atoms with Crippen molar-refractivity contribution in [1.82, 2.24) is 19.9 Å². The molecular weight excluding hydrogens is 372 g/mol. The zero-order valence-corrected chi connectivity index (χ0v) is 15.7. The summed E-state index contributed by atoms with van der Waals surface area (Å²) in [4.78, 5) is 19.0. The normalized spacial score (nSPS) is 16.2. The van der Waals surface area contributed by atoms with Crippen molar-refractivity contribution in [3.8, 4) is 11.6 Å². The number of aromatic nitrogens is 3. The molecule has 4 aromatic rings. The first-order valence-corrected chi connectivity index (χ1v) is 9.52. The Bertz CT molecular complexity index is 1300. The van der Waals surface area contributed by atoms with E-state index in [0.29, 0.717) is 12.2 Å². The van der Waals surface area contributed by atoms with Crippen LogP contribution >= 0.6 is 12.2 Å². The number of para-hydroxylation sites is 2. The molecule has 0 amide bonds. The zero-order chi connectivity index (χ0) is 19.3. The van der Waals surface area contributed by atoms with E-state index in [2.05, 4.69) is 21.4 Å². The maximum absolute atomic E-state index is 12.8. The molecule has 0 saturated carbocycles.